The van der Waals surface area contributed by atoms with E-state index in [2.05, 4.69) is 10.6 Å². The molecule has 0 aliphatic carbocycles. The van der Waals surface area contributed by atoms with Crippen molar-refractivity contribution in [2.75, 3.05) is 33.9 Å². The molecule has 0 saturated heterocycles. The van der Waals surface area contributed by atoms with Gasteiger partial charge in [0, 0.05) is 25.8 Å². The summed E-state index contributed by atoms with van der Waals surface area (Å²) in [6, 6.07) is 4.90. The third-order valence-electron chi connectivity index (χ3n) is 2.49. The summed E-state index contributed by atoms with van der Waals surface area (Å²) in [5, 5.41) is 5.53. The Morgan fingerprint density at radius 2 is 2.16 bits per heavy atom. The molecule has 0 spiro atoms. The van der Waals surface area contributed by atoms with Crippen LogP contribution in [0.25, 0.3) is 0 Å². The van der Waals surface area contributed by atoms with Crippen LogP contribution in [0.3, 0.4) is 0 Å². The summed E-state index contributed by atoms with van der Waals surface area (Å²) in [5.74, 6) is -0.360. The van der Waals surface area contributed by atoms with Gasteiger partial charge in [0.05, 0.1) is 20.3 Å². The van der Waals surface area contributed by atoms with Gasteiger partial charge in [0.25, 0.3) is 0 Å². The van der Waals surface area contributed by atoms with Gasteiger partial charge in [-0.2, -0.15) is 0 Å². The summed E-state index contributed by atoms with van der Waals surface area (Å²) in [5.41, 5.74) is 0.462. The Labute approximate surface area is 112 Å². The van der Waals surface area contributed by atoms with Crippen molar-refractivity contribution in [2.45, 2.75) is 6.54 Å². The highest BCUT2D eigenvalue weighted by atomic mass is 19.1. The fourth-order valence-electron chi connectivity index (χ4n) is 1.52. The van der Waals surface area contributed by atoms with E-state index in [1.54, 1.807) is 25.3 Å². The molecule has 0 bridgehead atoms. The topological polar surface area (TPSA) is 59.6 Å². The molecule has 1 rings (SSSR count). The van der Waals surface area contributed by atoms with Gasteiger partial charge in [-0.1, -0.05) is 12.1 Å². The second kappa shape index (κ2) is 8.44. The van der Waals surface area contributed by atoms with Gasteiger partial charge in [0.2, 0.25) is 5.91 Å². The zero-order valence-electron chi connectivity index (χ0n) is 11.2. The first-order valence-electron chi connectivity index (χ1n) is 5.96. The lowest BCUT2D eigenvalue weighted by atomic mass is 10.2. The lowest BCUT2D eigenvalue weighted by Crippen LogP contribution is -2.35. The Morgan fingerprint density at radius 3 is 2.84 bits per heavy atom. The number of hydrogen-bond acceptors (Lipinski definition) is 4. The van der Waals surface area contributed by atoms with E-state index in [9.17, 15) is 9.18 Å². The maximum Gasteiger partial charge on any atom is 0.234 e. The zero-order valence-corrected chi connectivity index (χ0v) is 11.2. The summed E-state index contributed by atoms with van der Waals surface area (Å²) < 4.78 is 23.5. The van der Waals surface area contributed by atoms with Gasteiger partial charge in [-0.3, -0.25) is 4.79 Å². The molecule has 0 saturated carbocycles. The first-order chi connectivity index (χ1) is 9.19. The van der Waals surface area contributed by atoms with Gasteiger partial charge in [-0.15, -0.1) is 0 Å². The summed E-state index contributed by atoms with van der Waals surface area (Å²) in [6.07, 6.45) is 0. The first kappa shape index (κ1) is 15.4. The van der Waals surface area contributed by atoms with Crippen molar-refractivity contribution in [3.05, 3.63) is 29.6 Å². The van der Waals surface area contributed by atoms with Crippen molar-refractivity contribution >= 4 is 5.91 Å². The van der Waals surface area contributed by atoms with Gasteiger partial charge < -0.3 is 20.1 Å². The van der Waals surface area contributed by atoms with Crippen LogP contribution < -0.4 is 15.4 Å². The van der Waals surface area contributed by atoms with E-state index >= 15 is 0 Å². The summed E-state index contributed by atoms with van der Waals surface area (Å²) in [4.78, 5) is 11.4. The zero-order chi connectivity index (χ0) is 14.1. The lowest BCUT2D eigenvalue weighted by molar-refractivity contribution is -0.120. The average molecular weight is 270 g/mol. The maximum atomic E-state index is 13.8. The molecule has 0 fully saturated rings. The molecule has 6 heteroatoms. The van der Waals surface area contributed by atoms with E-state index in [1.807, 2.05) is 0 Å². The fraction of sp³-hybridized carbons (Fsp3) is 0.462. The molecule has 0 aromatic heterocycles. The van der Waals surface area contributed by atoms with Crippen LogP contribution >= 0.6 is 0 Å². The highest BCUT2D eigenvalue weighted by molar-refractivity contribution is 5.77. The molecule has 1 aromatic carbocycles. The highest BCUT2D eigenvalue weighted by Crippen LogP contribution is 2.19. The first-order valence-corrected chi connectivity index (χ1v) is 5.96. The molecule has 0 radical (unpaired) electrons. The Balaban J connectivity index is 2.35. The number of carbonyl (C=O) groups is 1. The molecule has 5 nitrogen and oxygen atoms in total. The minimum Gasteiger partial charge on any atom is -0.494 e. The van der Waals surface area contributed by atoms with E-state index in [0.717, 1.165) is 0 Å². The number of amides is 1. The molecule has 1 amide bonds. The van der Waals surface area contributed by atoms with Crippen LogP contribution in [-0.2, 0) is 16.1 Å². The number of hydrogen-bond donors (Lipinski definition) is 2. The van der Waals surface area contributed by atoms with Gasteiger partial charge in [-0.05, 0) is 6.07 Å². The largest absolute Gasteiger partial charge is 0.494 e. The number of carbonyl (C=O) groups excluding carboxylic acids is 1. The van der Waals surface area contributed by atoms with E-state index in [0.29, 0.717) is 18.7 Å². The lowest BCUT2D eigenvalue weighted by Gasteiger charge is -2.09. The quantitative estimate of drug-likeness (QED) is 0.682. The standard InChI is InChI=1S/C13H19FN2O3/c1-18-7-6-16-12(17)9-15-8-10-4-3-5-11(19-2)13(10)14/h3-5,15H,6-9H2,1-2H3,(H,16,17). The SMILES string of the molecule is COCCNC(=O)CNCc1cccc(OC)c1F. The van der Waals surface area contributed by atoms with Gasteiger partial charge in [-0.25, -0.2) is 4.39 Å². The Hall–Kier alpha value is -1.66. The second-order valence-corrected chi connectivity index (χ2v) is 3.88. The molecule has 0 atom stereocenters. The van der Waals surface area contributed by atoms with Crippen LogP contribution in [-0.4, -0.2) is 39.8 Å². The fourth-order valence-corrected chi connectivity index (χ4v) is 1.52. The Morgan fingerprint density at radius 1 is 1.37 bits per heavy atom. The Bertz CT molecular complexity index is 413. The van der Waals surface area contributed by atoms with Gasteiger partial charge in [0.15, 0.2) is 11.6 Å². The normalized spacial score (nSPS) is 10.3. The third-order valence-corrected chi connectivity index (χ3v) is 2.49. The third kappa shape index (κ3) is 5.23. The number of halogens is 1. The van der Waals surface area contributed by atoms with Crippen molar-refractivity contribution in [1.82, 2.24) is 10.6 Å². The van der Waals surface area contributed by atoms with Gasteiger partial charge in [0.1, 0.15) is 0 Å². The average Bonchev–Trinajstić information content (AvgIpc) is 2.41. The van der Waals surface area contributed by atoms with Crippen LogP contribution in [0.4, 0.5) is 4.39 Å². The van der Waals surface area contributed by atoms with E-state index < -0.39 is 5.82 Å². The molecule has 0 unspecified atom stereocenters. The molecule has 0 heterocycles. The number of rotatable bonds is 8. The molecule has 106 valence electrons. The van der Waals surface area contributed by atoms with Crippen LogP contribution in [0.1, 0.15) is 5.56 Å². The Kier molecular flexibility index (Phi) is 6.84. The predicted molar refractivity (Wildman–Crippen MR) is 69.5 cm³/mol. The summed E-state index contributed by atoms with van der Waals surface area (Å²) >= 11 is 0. The van der Waals surface area contributed by atoms with Crippen molar-refractivity contribution in [3.8, 4) is 5.75 Å². The summed E-state index contributed by atoms with van der Waals surface area (Å²) in [6.45, 7) is 1.32. The second-order valence-electron chi connectivity index (χ2n) is 3.88. The smallest absolute Gasteiger partial charge is 0.234 e. The monoisotopic (exact) mass is 270 g/mol. The number of ether oxygens (including phenoxy) is 2. The van der Waals surface area contributed by atoms with Crippen LogP contribution in [0.5, 0.6) is 5.75 Å². The molecule has 19 heavy (non-hydrogen) atoms. The molecule has 2 N–H and O–H groups in total. The van der Waals surface area contributed by atoms with Crippen molar-refractivity contribution in [3.63, 3.8) is 0 Å². The predicted octanol–water partition coefficient (Wildman–Crippen LogP) is 0.686. The maximum absolute atomic E-state index is 13.8. The van der Waals surface area contributed by atoms with Crippen molar-refractivity contribution in [1.29, 1.82) is 0 Å². The van der Waals surface area contributed by atoms with Crippen LogP contribution in [0.15, 0.2) is 18.2 Å². The molecule has 0 aliphatic rings. The van der Waals surface area contributed by atoms with E-state index in [4.69, 9.17) is 9.47 Å². The summed E-state index contributed by atoms with van der Waals surface area (Å²) in [7, 11) is 2.98. The number of nitrogens with one attached hydrogen (secondary N) is 2. The molecular weight excluding hydrogens is 251 g/mol. The van der Waals surface area contributed by atoms with Gasteiger partial charge >= 0.3 is 0 Å². The minimum atomic E-state index is -0.405. The molecule has 1 aromatic rings. The van der Waals surface area contributed by atoms with Crippen LogP contribution in [0, 0.1) is 5.82 Å². The number of benzene rings is 1. The highest BCUT2D eigenvalue weighted by Gasteiger charge is 2.08. The van der Waals surface area contributed by atoms with Crippen molar-refractivity contribution in [2.24, 2.45) is 0 Å². The molecular formula is C13H19FN2O3. The van der Waals surface area contributed by atoms with E-state index in [1.165, 1.54) is 7.11 Å². The van der Waals surface area contributed by atoms with Crippen LogP contribution in [0.2, 0.25) is 0 Å². The molecule has 0 aliphatic heterocycles. The van der Waals surface area contributed by atoms with Crippen molar-refractivity contribution < 1.29 is 18.7 Å². The minimum absolute atomic E-state index is 0.125. The van der Waals surface area contributed by atoms with E-state index in [-0.39, 0.29) is 24.7 Å². The number of methoxy groups -OCH3 is 2.